The molecule has 9 heteroatoms. The molecule has 2 aromatic heterocycles. The maximum atomic E-state index is 13.5. The predicted molar refractivity (Wildman–Crippen MR) is 129 cm³/mol. The number of nitrogens with one attached hydrogen (secondary N) is 1. The van der Waals surface area contributed by atoms with Gasteiger partial charge in [0, 0.05) is 33.9 Å². The molecule has 6 rings (SSSR count). The lowest BCUT2D eigenvalue weighted by Gasteiger charge is -2.31. The minimum Gasteiger partial charge on any atom is -0.454 e. The van der Waals surface area contributed by atoms with Crippen molar-refractivity contribution in [3.63, 3.8) is 0 Å². The number of amides is 3. The number of ketones is 1. The molecule has 180 valence electrons. The van der Waals surface area contributed by atoms with E-state index in [-0.39, 0.29) is 25.0 Å². The van der Waals surface area contributed by atoms with Crippen LogP contribution in [0.15, 0.2) is 35.7 Å². The first-order chi connectivity index (χ1) is 16.9. The molecule has 0 bridgehead atoms. The summed E-state index contributed by atoms with van der Waals surface area (Å²) >= 11 is 1.61. The molecule has 1 atom stereocenters. The molecule has 4 heterocycles. The third kappa shape index (κ3) is 3.36. The number of rotatable bonds is 5. The quantitative estimate of drug-likeness (QED) is 0.432. The SMILES string of the molecule is Cc1cc(C(=O)CN2C(=O)N[C@]3(CCCc4sccc43)C2=O)c(C)n1Cc1ccc2c(c1)OCO2. The second-order valence-electron chi connectivity index (χ2n) is 9.32. The van der Waals surface area contributed by atoms with Gasteiger partial charge in [0.05, 0.1) is 6.54 Å². The van der Waals surface area contributed by atoms with E-state index in [1.54, 1.807) is 11.3 Å². The Bertz CT molecular complexity index is 1390. The standard InChI is InChI=1S/C26H25N3O5S/c1-15-10-18(16(2)28(15)12-17-5-6-21-22(11-17)34-14-33-21)20(30)13-29-24(31)26(27-25(29)32)8-3-4-23-19(26)7-9-35-23/h5-7,9-11H,3-4,8,12-14H2,1-2H3,(H,27,32)/t26-/m0/s1. The summed E-state index contributed by atoms with van der Waals surface area (Å²) in [6.07, 6.45) is 2.28. The number of urea groups is 1. The van der Waals surface area contributed by atoms with Crippen molar-refractivity contribution in [2.45, 2.75) is 45.2 Å². The van der Waals surface area contributed by atoms with E-state index < -0.39 is 11.6 Å². The van der Waals surface area contributed by atoms with Crippen molar-refractivity contribution < 1.29 is 23.9 Å². The number of aromatic nitrogens is 1. The lowest BCUT2D eigenvalue weighted by atomic mass is 9.80. The van der Waals surface area contributed by atoms with Gasteiger partial charge >= 0.3 is 6.03 Å². The molecule has 3 aliphatic rings. The molecule has 3 amide bonds. The first kappa shape index (κ1) is 21.9. The Hall–Kier alpha value is -3.59. The van der Waals surface area contributed by atoms with Gasteiger partial charge in [-0.2, -0.15) is 0 Å². The Morgan fingerprint density at radius 1 is 1.14 bits per heavy atom. The van der Waals surface area contributed by atoms with Gasteiger partial charge in [0.15, 0.2) is 17.3 Å². The van der Waals surface area contributed by atoms with E-state index in [0.717, 1.165) is 50.9 Å². The van der Waals surface area contributed by atoms with E-state index in [1.165, 1.54) is 0 Å². The molecule has 3 aromatic rings. The fourth-order valence-electron chi connectivity index (χ4n) is 5.46. The zero-order valence-electron chi connectivity index (χ0n) is 19.6. The van der Waals surface area contributed by atoms with Crippen LogP contribution in [-0.4, -0.2) is 40.5 Å². The smallest absolute Gasteiger partial charge is 0.325 e. The molecule has 2 aliphatic heterocycles. The summed E-state index contributed by atoms with van der Waals surface area (Å²) in [5.74, 6) is 0.857. The van der Waals surface area contributed by atoms with Crippen LogP contribution in [0, 0.1) is 13.8 Å². The average molecular weight is 492 g/mol. The first-order valence-electron chi connectivity index (χ1n) is 11.7. The third-order valence-corrected chi connectivity index (χ3v) is 8.27. The fourth-order valence-corrected chi connectivity index (χ4v) is 6.46. The summed E-state index contributed by atoms with van der Waals surface area (Å²) in [6.45, 7) is 4.34. The molecule has 1 fully saturated rings. The summed E-state index contributed by atoms with van der Waals surface area (Å²) in [7, 11) is 0. The van der Waals surface area contributed by atoms with Crippen LogP contribution in [0.2, 0.25) is 0 Å². The molecule has 35 heavy (non-hydrogen) atoms. The Labute approximate surface area is 206 Å². The van der Waals surface area contributed by atoms with Crippen molar-refractivity contribution in [3.05, 3.63) is 68.7 Å². The second-order valence-corrected chi connectivity index (χ2v) is 10.3. The number of hydrogen-bond donors (Lipinski definition) is 1. The maximum Gasteiger partial charge on any atom is 0.325 e. The number of carbonyl (C=O) groups excluding carboxylic acids is 3. The zero-order chi connectivity index (χ0) is 24.3. The number of fused-ring (bicyclic) bond motifs is 3. The molecule has 0 unspecified atom stereocenters. The molecule has 1 saturated heterocycles. The van der Waals surface area contributed by atoms with Crippen LogP contribution < -0.4 is 14.8 Å². The number of thiophene rings is 1. The van der Waals surface area contributed by atoms with E-state index in [2.05, 4.69) is 9.88 Å². The van der Waals surface area contributed by atoms with E-state index in [9.17, 15) is 14.4 Å². The number of hydrogen-bond acceptors (Lipinski definition) is 6. The van der Waals surface area contributed by atoms with Gasteiger partial charge in [-0.15, -0.1) is 11.3 Å². The molecule has 0 radical (unpaired) electrons. The normalized spacial score (nSPS) is 20.5. The first-order valence-corrected chi connectivity index (χ1v) is 12.5. The monoisotopic (exact) mass is 491 g/mol. The second kappa shape index (κ2) is 7.98. The van der Waals surface area contributed by atoms with Crippen LogP contribution in [0.4, 0.5) is 4.79 Å². The molecule has 1 aliphatic carbocycles. The van der Waals surface area contributed by atoms with Crippen LogP contribution in [0.3, 0.4) is 0 Å². The number of benzene rings is 1. The van der Waals surface area contributed by atoms with Crippen molar-refractivity contribution in [2.24, 2.45) is 0 Å². The van der Waals surface area contributed by atoms with Gasteiger partial charge < -0.3 is 19.4 Å². The van der Waals surface area contributed by atoms with Crippen LogP contribution in [0.25, 0.3) is 0 Å². The van der Waals surface area contributed by atoms with Crippen molar-refractivity contribution in [3.8, 4) is 11.5 Å². The zero-order valence-corrected chi connectivity index (χ0v) is 20.4. The molecular weight excluding hydrogens is 466 g/mol. The van der Waals surface area contributed by atoms with Gasteiger partial charge in [-0.1, -0.05) is 6.07 Å². The molecule has 0 saturated carbocycles. The van der Waals surface area contributed by atoms with Gasteiger partial charge in [-0.25, -0.2) is 4.79 Å². The number of nitrogens with zero attached hydrogens (tertiary/aromatic N) is 2. The van der Waals surface area contributed by atoms with Gasteiger partial charge in [-0.05, 0) is 68.3 Å². The van der Waals surface area contributed by atoms with E-state index >= 15 is 0 Å². The minimum absolute atomic E-state index is 0.219. The van der Waals surface area contributed by atoms with E-state index in [4.69, 9.17) is 9.47 Å². The highest BCUT2D eigenvalue weighted by molar-refractivity contribution is 7.10. The highest BCUT2D eigenvalue weighted by atomic mass is 32.1. The van der Waals surface area contributed by atoms with Gasteiger partial charge in [0.2, 0.25) is 6.79 Å². The Morgan fingerprint density at radius 3 is 2.83 bits per heavy atom. The molecule has 1 N–H and O–H groups in total. The highest BCUT2D eigenvalue weighted by Crippen LogP contribution is 2.42. The minimum atomic E-state index is -1.04. The predicted octanol–water partition coefficient (Wildman–Crippen LogP) is 3.91. The molecular formula is C26H25N3O5S. The number of Topliss-reactive ketones (excluding diaryl/α,β-unsaturated/α-hetero) is 1. The third-order valence-electron chi connectivity index (χ3n) is 7.29. The summed E-state index contributed by atoms with van der Waals surface area (Å²) in [5, 5.41) is 4.88. The van der Waals surface area contributed by atoms with Crippen molar-refractivity contribution >= 4 is 29.1 Å². The van der Waals surface area contributed by atoms with Crippen LogP contribution in [0.1, 0.15) is 50.6 Å². The maximum absolute atomic E-state index is 13.5. The van der Waals surface area contributed by atoms with Crippen LogP contribution in [0.5, 0.6) is 11.5 Å². The Balaban J connectivity index is 1.23. The lowest BCUT2D eigenvalue weighted by Crippen LogP contribution is -2.46. The van der Waals surface area contributed by atoms with E-state index in [1.807, 2.05) is 49.6 Å². The number of ether oxygens (including phenoxy) is 2. The Kier molecular flexibility index (Phi) is 5.00. The fraction of sp³-hybridized carbons (Fsp3) is 0.346. The van der Waals surface area contributed by atoms with E-state index in [0.29, 0.717) is 24.3 Å². The van der Waals surface area contributed by atoms with Crippen molar-refractivity contribution in [1.29, 1.82) is 0 Å². The van der Waals surface area contributed by atoms with Crippen molar-refractivity contribution in [1.82, 2.24) is 14.8 Å². The Morgan fingerprint density at radius 2 is 1.97 bits per heavy atom. The summed E-state index contributed by atoms with van der Waals surface area (Å²) in [4.78, 5) is 41.9. The van der Waals surface area contributed by atoms with Crippen LogP contribution in [-0.2, 0) is 23.3 Å². The molecule has 8 nitrogen and oxygen atoms in total. The van der Waals surface area contributed by atoms with Gasteiger partial charge in [0.25, 0.3) is 5.91 Å². The van der Waals surface area contributed by atoms with Gasteiger partial charge in [0.1, 0.15) is 5.54 Å². The van der Waals surface area contributed by atoms with Crippen LogP contribution >= 0.6 is 11.3 Å². The molecule has 1 spiro atoms. The summed E-state index contributed by atoms with van der Waals surface area (Å²) in [6, 6.07) is 9.05. The topological polar surface area (TPSA) is 89.9 Å². The lowest BCUT2D eigenvalue weighted by molar-refractivity contribution is -0.131. The summed E-state index contributed by atoms with van der Waals surface area (Å²) in [5.41, 5.74) is 3.10. The molecule has 1 aromatic carbocycles. The number of carbonyl (C=O) groups is 3. The number of imide groups is 1. The average Bonchev–Trinajstić information content (AvgIpc) is 3.61. The van der Waals surface area contributed by atoms with Gasteiger partial charge in [-0.3, -0.25) is 14.5 Å². The largest absolute Gasteiger partial charge is 0.454 e. The summed E-state index contributed by atoms with van der Waals surface area (Å²) < 4.78 is 12.9. The number of aryl methyl sites for hydroxylation is 2. The van der Waals surface area contributed by atoms with Crippen molar-refractivity contribution in [2.75, 3.05) is 13.3 Å². The highest BCUT2D eigenvalue weighted by Gasteiger charge is 2.54.